The summed E-state index contributed by atoms with van der Waals surface area (Å²) in [4.78, 5) is 19.5. The number of aliphatic hydroxyl groups is 2. The Bertz CT molecular complexity index is 139. The minimum Gasteiger partial charge on any atom is -0.479 e. The van der Waals surface area contributed by atoms with Crippen molar-refractivity contribution in [1.82, 2.24) is 0 Å². The van der Waals surface area contributed by atoms with Crippen LogP contribution in [0.5, 0.6) is 0 Å². The fraction of sp³-hybridized carbons (Fsp3) is 0.500. The third-order valence-corrected chi connectivity index (χ3v) is 0.805. The Morgan fingerprint density at radius 3 is 1.18 bits per heavy atom. The minimum absolute atomic E-state index is 0. The van der Waals surface area contributed by atoms with Crippen molar-refractivity contribution in [3.05, 3.63) is 0 Å². The quantitative estimate of drug-likeness (QED) is 0.432. The molecule has 0 fully saturated rings. The van der Waals surface area contributed by atoms with Gasteiger partial charge in [0.2, 0.25) is 0 Å². The summed E-state index contributed by atoms with van der Waals surface area (Å²) in [7, 11) is 0. The third kappa shape index (κ3) is 4.27. The fourth-order valence-electron chi connectivity index (χ4n) is 0.270. The maximum absolute atomic E-state index is 9.77. The molecule has 2 atom stereocenters. The predicted octanol–water partition coefficient (Wildman–Crippen LogP) is -2.13. The van der Waals surface area contributed by atoms with Crippen LogP contribution in [0.15, 0.2) is 0 Å². The van der Waals surface area contributed by atoms with E-state index in [1.807, 2.05) is 0 Å². The van der Waals surface area contributed by atoms with Gasteiger partial charge in [-0.25, -0.2) is 9.59 Å². The number of carboxylic acids is 2. The van der Waals surface area contributed by atoms with Gasteiger partial charge in [-0.3, -0.25) is 0 Å². The standard InChI is InChI=1S/C4H6O6.Cd/c5-1(3(7)8)2(6)4(9)10;/h1-2,5-6H,(H,7,8)(H,9,10);. The van der Waals surface area contributed by atoms with E-state index in [1.165, 1.54) is 0 Å². The molecule has 6 nitrogen and oxygen atoms in total. The normalized spacial score (nSPS) is 14.4. The SMILES string of the molecule is O=C(O)C(O)C(O)C(=O)O.[Cd]. The number of carboxylic acid groups (broad SMARTS) is 2. The number of aliphatic carboxylic acids is 2. The molecular formula is C4H6CdO6. The summed E-state index contributed by atoms with van der Waals surface area (Å²) in [6, 6.07) is 0. The topological polar surface area (TPSA) is 115 Å². The number of carbonyl (C=O) groups is 2. The van der Waals surface area contributed by atoms with Gasteiger partial charge in [0.25, 0.3) is 0 Å². The van der Waals surface area contributed by atoms with E-state index in [0.29, 0.717) is 0 Å². The molecule has 0 amide bonds. The molecule has 2 unspecified atom stereocenters. The summed E-state index contributed by atoms with van der Waals surface area (Å²) in [5, 5.41) is 32.5. The summed E-state index contributed by atoms with van der Waals surface area (Å²) in [5.74, 6) is -3.54. The number of hydrogen-bond donors (Lipinski definition) is 4. The number of aliphatic hydroxyl groups excluding tert-OH is 2. The molecule has 0 aliphatic rings. The van der Waals surface area contributed by atoms with Crippen molar-refractivity contribution < 1.29 is 57.3 Å². The number of rotatable bonds is 3. The summed E-state index contributed by atoms with van der Waals surface area (Å²) in [5.41, 5.74) is 0. The van der Waals surface area contributed by atoms with Crippen LogP contribution >= 0.6 is 0 Å². The largest absolute Gasteiger partial charge is 0.479 e. The van der Waals surface area contributed by atoms with Crippen molar-refractivity contribution in [3.8, 4) is 0 Å². The molecule has 60 valence electrons. The van der Waals surface area contributed by atoms with Crippen molar-refractivity contribution in [3.63, 3.8) is 0 Å². The van der Waals surface area contributed by atoms with Gasteiger partial charge in [0.15, 0.2) is 12.2 Å². The van der Waals surface area contributed by atoms with Gasteiger partial charge in [0.05, 0.1) is 0 Å². The van der Waals surface area contributed by atoms with Crippen LogP contribution in [0.25, 0.3) is 0 Å². The van der Waals surface area contributed by atoms with Crippen LogP contribution < -0.4 is 0 Å². The Kier molecular flexibility index (Phi) is 6.61. The van der Waals surface area contributed by atoms with Crippen LogP contribution in [0.3, 0.4) is 0 Å². The first-order valence-corrected chi connectivity index (χ1v) is 2.28. The molecule has 0 aliphatic carbocycles. The van der Waals surface area contributed by atoms with Gasteiger partial charge < -0.3 is 20.4 Å². The molecule has 0 rings (SSSR count). The molecule has 4 N–H and O–H groups in total. The summed E-state index contributed by atoms with van der Waals surface area (Å²) in [6.45, 7) is 0. The van der Waals surface area contributed by atoms with E-state index < -0.39 is 24.1 Å². The first-order valence-electron chi connectivity index (χ1n) is 2.28. The molecule has 0 aromatic rings. The number of hydrogen-bond acceptors (Lipinski definition) is 4. The van der Waals surface area contributed by atoms with Crippen LogP contribution in [0.2, 0.25) is 0 Å². The maximum atomic E-state index is 9.77. The van der Waals surface area contributed by atoms with Gasteiger partial charge in [-0.1, -0.05) is 0 Å². The van der Waals surface area contributed by atoms with E-state index in [2.05, 4.69) is 0 Å². The van der Waals surface area contributed by atoms with Crippen LogP contribution in [0, 0.1) is 0 Å². The fourth-order valence-corrected chi connectivity index (χ4v) is 0.270. The molecule has 11 heavy (non-hydrogen) atoms. The molecule has 0 saturated carbocycles. The maximum Gasteiger partial charge on any atom is 0.335 e. The van der Waals surface area contributed by atoms with E-state index in [-0.39, 0.29) is 27.3 Å². The second-order valence-electron chi connectivity index (χ2n) is 1.57. The van der Waals surface area contributed by atoms with Crippen LogP contribution in [0.4, 0.5) is 0 Å². The van der Waals surface area contributed by atoms with Crippen molar-refractivity contribution in [2.24, 2.45) is 0 Å². The molecule has 0 aromatic carbocycles. The van der Waals surface area contributed by atoms with Gasteiger partial charge in [0, 0.05) is 27.3 Å². The van der Waals surface area contributed by atoms with Crippen molar-refractivity contribution in [2.75, 3.05) is 0 Å². The smallest absolute Gasteiger partial charge is 0.335 e. The van der Waals surface area contributed by atoms with Gasteiger partial charge in [-0.15, -0.1) is 0 Å². The van der Waals surface area contributed by atoms with E-state index in [1.54, 1.807) is 0 Å². The zero-order valence-electron chi connectivity index (χ0n) is 5.47. The average molecular weight is 262 g/mol. The molecule has 0 saturated heterocycles. The monoisotopic (exact) mass is 264 g/mol. The molecular weight excluding hydrogens is 256 g/mol. The summed E-state index contributed by atoms with van der Waals surface area (Å²) in [6.07, 6.45) is -4.53. The Morgan fingerprint density at radius 2 is 1.09 bits per heavy atom. The van der Waals surface area contributed by atoms with Crippen LogP contribution in [0.1, 0.15) is 0 Å². The molecule has 7 heteroatoms. The zero-order valence-corrected chi connectivity index (χ0v) is 9.50. The second kappa shape index (κ2) is 5.43. The van der Waals surface area contributed by atoms with Crippen molar-refractivity contribution in [1.29, 1.82) is 0 Å². The van der Waals surface area contributed by atoms with E-state index in [0.717, 1.165) is 0 Å². The average Bonchev–Trinajstić information content (AvgIpc) is 1.84. The van der Waals surface area contributed by atoms with Crippen molar-refractivity contribution in [2.45, 2.75) is 12.2 Å². The van der Waals surface area contributed by atoms with E-state index in [4.69, 9.17) is 20.4 Å². The van der Waals surface area contributed by atoms with Gasteiger partial charge in [-0.2, -0.15) is 0 Å². The van der Waals surface area contributed by atoms with Crippen LogP contribution in [-0.4, -0.2) is 44.6 Å². The first kappa shape index (κ1) is 13.4. The third-order valence-electron chi connectivity index (χ3n) is 0.805. The van der Waals surface area contributed by atoms with Crippen LogP contribution in [-0.2, 0) is 36.9 Å². The second-order valence-corrected chi connectivity index (χ2v) is 1.57. The van der Waals surface area contributed by atoms with Gasteiger partial charge in [-0.05, 0) is 0 Å². The minimum atomic E-state index is -2.27. The molecule has 0 aliphatic heterocycles. The molecule has 0 radical (unpaired) electrons. The first-order chi connectivity index (χ1) is 4.46. The Labute approximate surface area is 81.6 Å². The summed E-state index contributed by atoms with van der Waals surface area (Å²) >= 11 is 0. The van der Waals surface area contributed by atoms with Crippen molar-refractivity contribution >= 4 is 11.9 Å². The summed E-state index contributed by atoms with van der Waals surface area (Å²) < 4.78 is 0. The Hall–Kier alpha value is -0.218. The van der Waals surface area contributed by atoms with E-state index in [9.17, 15) is 9.59 Å². The predicted molar refractivity (Wildman–Crippen MR) is 27.3 cm³/mol. The zero-order chi connectivity index (χ0) is 8.31. The molecule has 0 heterocycles. The van der Waals surface area contributed by atoms with Gasteiger partial charge >= 0.3 is 11.9 Å². The van der Waals surface area contributed by atoms with E-state index >= 15 is 0 Å². The molecule has 0 bridgehead atoms. The Balaban J connectivity index is 0. The molecule has 0 aromatic heterocycles. The molecule has 0 spiro atoms. The van der Waals surface area contributed by atoms with Gasteiger partial charge in [0.1, 0.15) is 0 Å². The Morgan fingerprint density at radius 1 is 0.909 bits per heavy atom.